The van der Waals surface area contributed by atoms with Gasteiger partial charge in [-0.15, -0.1) is 0 Å². The van der Waals surface area contributed by atoms with Crippen LogP contribution in [-0.4, -0.2) is 12.9 Å². The summed E-state index contributed by atoms with van der Waals surface area (Å²) >= 11 is 0. The number of rotatable bonds is 7. The Morgan fingerprint density at radius 2 is 2.12 bits per heavy atom. The molecule has 17 heavy (non-hydrogen) atoms. The fourth-order valence-electron chi connectivity index (χ4n) is 1.72. The molecule has 0 aliphatic carbocycles. The first-order valence-corrected chi connectivity index (χ1v) is 6.02. The molecule has 0 aliphatic heterocycles. The molecule has 0 amide bonds. The van der Waals surface area contributed by atoms with Crippen LogP contribution in [-0.2, 0) is 11.2 Å². The van der Waals surface area contributed by atoms with E-state index in [9.17, 15) is 9.18 Å². The second-order valence-corrected chi connectivity index (χ2v) is 4.03. The van der Waals surface area contributed by atoms with Crippen LogP contribution in [0.5, 0.6) is 5.75 Å². The number of ketones is 1. The van der Waals surface area contributed by atoms with Gasteiger partial charge in [-0.2, -0.15) is 0 Å². The number of methoxy groups -OCH3 is 1. The third-order valence-corrected chi connectivity index (χ3v) is 2.81. The van der Waals surface area contributed by atoms with Gasteiger partial charge in [-0.05, 0) is 30.9 Å². The van der Waals surface area contributed by atoms with Crippen LogP contribution >= 0.6 is 0 Å². The van der Waals surface area contributed by atoms with Gasteiger partial charge in [0.1, 0.15) is 5.78 Å². The third kappa shape index (κ3) is 4.17. The summed E-state index contributed by atoms with van der Waals surface area (Å²) in [5, 5.41) is 0. The minimum atomic E-state index is -0.281. The van der Waals surface area contributed by atoms with E-state index in [-0.39, 0.29) is 17.3 Å². The SMILES string of the molecule is CCC(=O)CCCCc1cccc(OC)c1F. The Labute approximate surface area is 102 Å². The van der Waals surface area contributed by atoms with Crippen molar-refractivity contribution in [3.8, 4) is 5.75 Å². The van der Waals surface area contributed by atoms with Crippen LogP contribution in [0.3, 0.4) is 0 Å². The number of halogens is 1. The fraction of sp³-hybridized carbons (Fsp3) is 0.500. The molecule has 1 rings (SSSR count). The molecule has 1 aromatic rings. The average Bonchev–Trinajstić information content (AvgIpc) is 2.36. The number of benzene rings is 1. The lowest BCUT2D eigenvalue weighted by atomic mass is 10.0. The Bertz CT molecular complexity index is 374. The number of unbranched alkanes of at least 4 members (excludes halogenated alkanes) is 1. The van der Waals surface area contributed by atoms with E-state index in [1.54, 1.807) is 18.2 Å². The van der Waals surface area contributed by atoms with Gasteiger partial charge >= 0.3 is 0 Å². The normalized spacial score (nSPS) is 10.3. The predicted octanol–water partition coefficient (Wildman–Crippen LogP) is 3.53. The third-order valence-electron chi connectivity index (χ3n) is 2.81. The molecular formula is C14H19FO2. The van der Waals surface area contributed by atoms with Gasteiger partial charge in [0.25, 0.3) is 0 Å². The van der Waals surface area contributed by atoms with Gasteiger partial charge in [0.15, 0.2) is 11.6 Å². The molecular weight excluding hydrogens is 219 g/mol. The lowest BCUT2D eigenvalue weighted by Gasteiger charge is -2.06. The molecule has 0 bridgehead atoms. The molecule has 0 saturated heterocycles. The molecule has 0 radical (unpaired) electrons. The monoisotopic (exact) mass is 238 g/mol. The fourth-order valence-corrected chi connectivity index (χ4v) is 1.72. The first-order chi connectivity index (χ1) is 8.19. The summed E-state index contributed by atoms with van der Waals surface area (Å²) in [5.74, 6) is 0.278. The zero-order valence-electron chi connectivity index (χ0n) is 10.5. The maximum Gasteiger partial charge on any atom is 0.168 e. The first kappa shape index (κ1) is 13.7. The van der Waals surface area contributed by atoms with Gasteiger partial charge < -0.3 is 4.74 Å². The number of hydrogen-bond donors (Lipinski definition) is 0. The Balaban J connectivity index is 2.44. The maximum atomic E-state index is 13.7. The highest BCUT2D eigenvalue weighted by Gasteiger charge is 2.07. The summed E-state index contributed by atoms with van der Waals surface area (Å²) in [6.45, 7) is 1.87. The Morgan fingerprint density at radius 1 is 1.35 bits per heavy atom. The molecule has 0 heterocycles. The zero-order valence-corrected chi connectivity index (χ0v) is 10.5. The molecule has 0 atom stereocenters. The molecule has 0 spiro atoms. The Hall–Kier alpha value is -1.38. The molecule has 2 nitrogen and oxygen atoms in total. The number of carbonyl (C=O) groups excluding carboxylic acids is 1. The molecule has 0 aromatic heterocycles. The highest BCUT2D eigenvalue weighted by atomic mass is 19.1. The molecule has 1 aromatic carbocycles. The number of hydrogen-bond acceptors (Lipinski definition) is 2. The number of aryl methyl sites for hydroxylation is 1. The van der Waals surface area contributed by atoms with Crippen LogP contribution in [0, 0.1) is 5.82 Å². The van der Waals surface area contributed by atoms with Crippen LogP contribution < -0.4 is 4.74 Å². The Kier molecular flexibility index (Phi) is 5.67. The van der Waals surface area contributed by atoms with Crippen molar-refractivity contribution in [1.82, 2.24) is 0 Å². The van der Waals surface area contributed by atoms with E-state index in [0.29, 0.717) is 24.8 Å². The summed E-state index contributed by atoms with van der Waals surface area (Å²) in [5.41, 5.74) is 0.660. The largest absolute Gasteiger partial charge is 0.494 e. The van der Waals surface area contributed by atoms with E-state index in [2.05, 4.69) is 0 Å². The lowest BCUT2D eigenvalue weighted by Crippen LogP contribution is -1.98. The minimum absolute atomic E-state index is 0.274. The molecule has 0 aliphatic rings. The van der Waals surface area contributed by atoms with Crippen LogP contribution in [0.2, 0.25) is 0 Å². The lowest BCUT2D eigenvalue weighted by molar-refractivity contribution is -0.118. The van der Waals surface area contributed by atoms with Crippen molar-refractivity contribution >= 4 is 5.78 Å². The summed E-state index contributed by atoms with van der Waals surface area (Å²) in [6.07, 6.45) is 3.49. The zero-order chi connectivity index (χ0) is 12.7. The van der Waals surface area contributed by atoms with Gasteiger partial charge in [-0.25, -0.2) is 4.39 Å². The molecule has 0 fully saturated rings. The second kappa shape index (κ2) is 7.05. The smallest absolute Gasteiger partial charge is 0.168 e. The highest BCUT2D eigenvalue weighted by molar-refractivity contribution is 5.77. The van der Waals surface area contributed by atoms with Crippen LogP contribution in [0.15, 0.2) is 18.2 Å². The molecule has 0 saturated carbocycles. The summed E-state index contributed by atoms with van der Waals surface area (Å²) in [4.78, 5) is 11.1. The van der Waals surface area contributed by atoms with E-state index in [1.165, 1.54) is 7.11 Å². The highest BCUT2D eigenvalue weighted by Crippen LogP contribution is 2.21. The van der Waals surface area contributed by atoms with Gasteiger partial charge in [0, 0.05) is 12.8 Å². The van der Waals surface area contributed by atoms with Gasteiger partial charge in [-0.1, -0.05) is 19.1 Å². The van der Waals surface area contributed by atoms with Crippen molar-refractivity contribution < 1.29 is 13.9 Å². The molecule has 0 N–H and O–H groups in total. The first-order valence-electron chi connectivity index (χ1n) is 6.02. The van der Waals surface area contributed by atoms with Crippen LogP contribution in [0.25, 0.3) is 0 Å². The van der Waals surface area contributed by atoms with E-state index < -0.39 is 0 Å². The van der Waals surface area contributed by atoms with Crippen LogP contribution in [0.4, 0.5) is 4.39 Å². The second-order valence-electron chi connectivity index (χ2n) is 4.03. The number of Topliss-reactive ketones (excluding diaryl/α,β-unsaturated/α-hetero) is 1. The maximum absolute atomic E-state index is 13.7. The van der Waals surface area contributed by atoms with E-state index in [0.717, 1.165) is 12.8 Å². The quantitative estimate of drug-likeness (QED) is 0.679. The topological polar surface area (TPSA) is 26.3 Å². The minimum Gasteiger partial charge on any atom is -0.494 e. The number of carbonyl (C=O) groups is 1. The molecule has 3 heteroatoms. The summed E-state index contributed by atoms with van der Waals surface area (Å²) in [6, 6.07) is 5.16. The van der Waals surface area contributed by atoms with Gasteiger partial charge in [0.2, 0.25) is 0 Å². The van der Waals surface area contributed by atoms with Crippen molar-refractivity contribution in [2.75, 3.05) is 7.11 Å². The Morgan fingerprint density at radius 3 is 2.76 bits per heavy atom. The van der Waals surface area contributed by atoms with E-state index in [4.69, 9.17) is 4.74 Å². The standard InChI is InChI=1S/C14H19FO2/c1-3-12(16)9-5-4-7-11-8-6-10-13(17-2)14(11)15/h6,8,10H,3-5,7,9H2,1-2H3. The predicted molar refractivity (Wildman–Crippen MR) is 65.8 cm³/mol. The van der Waals surface area contributed by atoms with Crippen molar-refractivity contribution in [1.29, 1.82) is 0 Å². The van der Waals surface area contributed by atoms with E-state index in [1.807, 2.05) is 6.92 Å². The summed E-state index contributed by atoms with van der Waals surface area (Å²) in [7, 11) is 1.46. The van der Waals surface area contributed by atoms with Crippen molar-refractivity contribution in [2.45, 2.75) is 39.0 Å². The molecule has 0 unspecified atom stereocenters. The van der Waals surface area contributed by atoms with Crippen molar-refractivity contribution in [3.63, 3.8) is 0 Å². The van der Waals surface area contributed by atoms with Crippen molar-refractivity contribution in [3.05, 3.63) is 29.6 Å². The number of ether oxygens (including phenoxy) is 1. The van der Waals surface area contributed by atoms with E-state index >= 15 is 0 Å². The van der Waals surface area contributed by atoms with Gasteiger partial charge in [-0.3, -0.25) is 4.79 Å². The van der Waals surface area contributed by atoms with Gasteiger partial charge in [0.05, 0.1) is 7.11 Å². The van der Waals surface area contributed by atoms with Crippen LogP contribution in [0.1, 0.15) is 38.2 Å². The summed E-state index contributed by atoms with van der Waals surface area (Å²) < 4.78 is 18.7. The van der Waals surface area contributed by atoms with Crippen molar-refractivity contribution in [2.24, 2.45) is 0 Å². The molecule has 94 valence electrons. The average molecular weight is 238 g/mol.